The lowest BCUT2D eigenvalue weighted by Crippen LogP contribution is -2.42. The molecule has 1 heterocycles. The standard InChI is InChI=1S/C17H24N2O2/c1-11-9-13(3)15(10-12(11)2)14(4)18-16(20)17(21)19-7-5-6-8-19/h9-10,14H,5-8H2,1-4H3,(H,18,20)/t14-/m1/s1. The van der Waals surface area contributed by atoms with Crippen molar-refractivity contribution in [3.05, 3.63) is 34.4 Å². The van der Waals surface area contributed by atoms with Gasteiger partial charge in [0.2, 0.25) is 0 Å². The Morgan fingerprint density at radius 2 is 1.62 bits per heavy atom. The molecule has 0 radical (unpaired) electrons. The van der Waals surface area contributed by atoms with Crippen LogP contribution in [0.1, 0.15) is 48.1 Å². The largest absolute Gasteiger partial charge is 0.341 e. The maximum Gasteiger partial charge on any atom is 0.311 e. The molecule has 2 rings (SSSR count). The van der Waals surface area contributed by atoms with Crippen molar-refractivity contribution in [2.75, 3.05) is 13.1 Å². The van der Waals surface area contributed by atoms with Crippen molar-refractivity contribution in [1.29, 1.82) is 0 Å². The molecule has 1 fully saturated rings. The number of hydrogen-bond donors (Lipinski definition) is 1. The molecule has 0 spiro atoms. The van der Waals surface area contributed by atoms with E-state index in [0.29, 0.717) is 13.1 Å². The average Bonchev–Trinajstić information content (AvgIpc) is 2.95. The van der Waals surface area contributed by atoms with E-state index in [1.165, 1.54) is 11.1 Å². The number of likely N-dealkylation sites (tertiary alicyclic amines) is 1. The minimum atomic E-state index is -0.498. The van der Waals surface area contributed by atoms with Crippen molar-refractivity contribution in [1.82, 2.24) is 10.2 Å². The van der Waals surface area contributed by atoms with Gasteiger partial charge >= 0.3 is 11.8 Å². The normalized spacial score (nSPS) is 15.9. The van der Waals surface area contributed by atoms with E-state index in [2.05, 4.69) is 31.3 Å². The summed E-state index contributed by atoms with van der Waals surface area (Å²) in [7, 11) is 0. The third-order valence-electron chi connectivity index (χ3n) is 4.28. The number of nitrogens with zero attached hydrogens (tertiary/aromatic N) is 1. The number of hydrogen-bond acceptors (Lipinski definition) is 2. The van der Waals surface area contributed by atoms with Gasteiger partial charge in [0.05, 0.1) is 6.04 Å². The van der Waals surface area contributed by atoms with Gasteiger partial charge in [0, 0.05) is 13.1 Å². The van der Waals surface area contributed by atoms with Crippen LogP contribution >= 0.6 is 0 Å². The van der Waals surface area contributed by atoms with Gasteiger partial charge in [-0.15, -0.1) is 0 Å². The Labute approximate surface area is 126 Å². The molecule has 21 heavy (non-hydrogen) atoms. The second-order valence-corrected chi connectivity index (χ2v) is 5.99. The minimum Gasteiger partial charge on any atom is -0.341 e. The maximum atomic E-state index is 12.1. The third kappa shape index (κ3) is 3.43. The molecule has 1 aliphatic rings. The van der Waals surface area contributed by atoms with Crippen molar-refractivity contribution in [2.45, 2.75) is 46.6 Å². The van der Waals surface area contributed by atoms with Crippen molar-refractivity contribution in [3.8, 4) is 0 Å². The summed E-state index contributed by atoms with van der Waals surface area (Å²) in [5, 5.41) is 2.83. The van der Waals surface area contributed by atoms with Gasteiger partial charge in [-0.1, -0.05) is 12.1 Å². The van der Waals surface area contributed by atoms with E-state index in [-0.39, 0.29) is 6.04 Å². The summed E-state index contributed by atoms with van der Waals surface area (Å²) in [5.41, 5.74) is 4.64. The number of rotatable bonds is 2. The first-order valence-corrected chi connectivity index (χ1v) is 7.57. The lowest BCUT2D eigenvalue weighted by molar-refractivity contribution is -0.145. The van der Waals surface area contributed by atoms with Crippen LogP contribution in [0.2, 0.25) is 0 Å². The summed E-state index contributed by atoms with van der Waals surface area (Å²) in [6.45, 7) is 9.49. The topological polar surface area (TPSA) is 49.4 Å². The summed E-state index contributed by atoms with van der Waals surface area (Å²) in [4.78, 5) is 25.7. The number of aryl methyl sites for hydroxylation is 3. The minimum absolute atomic E-state index is 0.164. The molecule has 0 unspecified atom stereocenters. The first kappa shape index (κ1) is 15.5. The molecular weight excluding hydrogens is 264 g/mol. The number of benzene rings is 1. The first-order valence-electron chi connectivity index (χ1n) is 7.57. The molecule has 1 N–H and O–H groups in total. The zero-order valence-electron chi connectivity index (χ0n) is 13.3. The highest BCUT2D eigenvalue weighted by atomic mass is 16.2. The number of carbonyl (C=O) groups excluding carboxylic acids is 2. The molecule has 0 aliphatic carbocycles. The Hall–Kier alpha value is -1.84. The van der Waals surface area contributed by atoms with E-state index in [4.69, 9.17) is 0 Å². The highest BCUT2D eigenvalue weighted by molar-refractivity contribution is 6.35. The summed E-state index contributed by atoms with van der Waals surface area (Å²) in [5.74, 6) is -0.900. The number of amides is 2. The van der Waals surface area contributed by atoms with Gasteiger partial charge in [-0.3, -0.25) is 9.59 Å². The van der Waals surface area contributed by atoms with E-state index < -0.39 is 11.8 Å². The molecule has 114 valence electrons. The van der Waals surface area contributed by atoms with Crippen LogP contribution in [-0.2, 0) is 9.59 Å². The van der Waals surface area contributed by atoms with Crippen LogP contribution in [0, 0.1) is 20.8 Å². The van der Waals surface area contributed by atoms with Gasteiger partial charge < -0.3 is 10.2 Å². The Bertz CT molecular complexity index is 560. The van der Waals surface area contributed by atoms with Gasteiger partial charge in [0.25, 0.3) is 0 Å². The fraction of sp³-hybridized carbons (Fsp3) is 0.529. The lowest BCUT2D eigenvalue weighted by Gasteiger charge is -2.20. The van der Waals surface area contributed by atoms with Crippen LogP contribution in [-0.4, -0.2) is 29.8 Å². The lowest BCUT2D eigenvalue weighted by atomic mass is 9.96. The fourth-order valence-electron chi connectivity index (χ4n) is 2.85. The predicted octanol–water partition coefficient (Wildman–Crippen LogP) is 2.41. The van der Waals surface area contributed by atoms with Crippen LogP contribution in [0.4, 0.5) is 0 Å². The monoisotopic (exact) mass is 288 g/mol. The van der Waals surface area contributed by atoms with Crippen LogP contribution in [0.3, 0.4) is 0 Å². The maximum absolute atomic E-state index is 12.1. The molecule has 4 heteroatoms. The second-order valence-electron chi connectivity index (χ2n) is 5.99. The summed E-state index contributed by atoms with van der Waals surface area (Å²) < 4.78 is 0. The number of carbonyl (C=O) groups is 2. The first-order chi connectivity index (χ1) is 9.90. The van der Waals surface area contributed by atoms with E-state index in [9.17, 15) is 9.59 Å². The summed E-state index contributed by atoms with van der Waals surface area (Å²) >= 11 is 0. The Morgan fingerprint density at radius 1 is 1.05 bits per heavy atom. The molecule has 1 aromatic rings. The van der Waals surface area contributed by atoms with Gasteiger partial charge in [-0.2, -0.15) is 0 Å². The smallest absolute Gasteiger partial charge is 0.311 e. The predicted molar refractivity (Wildman–Crippen MR) is 83.0 cm³/mol. The average molecular weight is 288 g/mol. The van der Waals surface area contributed by atoms with E-state index in [0.717, 1.165) is 24.0 Å². The van der Waals surface area contributed by atoms with E-state index >= 15 is 0 Å². The van der Waals surface area contributed by atoms with Crippen LogP contribution in [0.25, 0.3) is 0 Å². The van der Waals surface area contributed by atoms with Crippen LogP contribution < -0.4 is 5.32 Å². The fourth-order valence-corrected chi connectivity index (χ4v) is 2.85. The van der Waals surface area contributed by atoms with Gasteiger partial charge in [0.15, 0.2) is 0 Å². The molecule has 1 aromatic carbocycles. The molecule has 2 amide bonds. The molecular formula is C17H24N2O2. The van der Waals surface area contributed by atoms with E-state index in [1.54, 1.807) is 4.90 Å². The van der Waals surface area contributed by atoms with Crippen molar-refractivity contribution >= 4 is 11.8 Å². The Balaban J connectivity index is 2.07. The van der Waals surface area contributed by atoms with Crippen molar-refractivity contribution in [2.24, 2.45) is 0 Å². The molecule has 4 nitrogen and oxygen atoms in total. The zero-order chi connectivity index (χ0) is 15.6. The Kier molecular flexibility index (Phi) is 4.66. The van der Waals surface area contributed by atoms with Gasteiger partial charge in [-0.25, -0.2) is 0 Å². The van der Waals surface area contributed by atoms with Crippen molar-refractivity contribution in [3.63, 3.8) is 0 Å². The molecule has 1 atom stereocenters. The number of nitrogens with one attached hydrogen (secondary N) is 1. The highest BCUT2D eigenvalue weighted by Gasteiger charge is 2.25. The Morgan fingerprint density at radius 3 is 2.24 bits per heavy atom. The quantitative estimate of drug-likeness (QED) is 0.850. The van der Waals surface area contributed by atoms with Gasteiger partial charge in [0.1, 0.15) is 0 Å². The second kappa shape index (κ2) is 6.29. The SMILES string of the molecule is Cc1cc(C)c([C@@H](C)NC(=O)C(=O)N2CCCC2)cc1C. The summed E-state index contributed by atoms with van der Waals surface area (Å²) in [6.07, 6.45) is 1.98. The molecule has 1 aliphatic heterocycles. The molecule has 1 saturated heterocycles. The van der Waals surface area contributed by atoms with E-state index in [1.807, 2.05) is 13.8 Å². The van der Waals surface area contributed by atoms with Crippen LogP contribution in [0.15, 0.2) is 12.1 Å². The van der Waals surface area contributed by atoms with Crippen molar-refractivity contribution < 1.29 is 9.59 Å². The third-order valence-corrected chi connectivity index (χ3v) is 4.28. The molecule has 0 aromatic heterocycles. The highest BCUT2D eigenvalue weighted by Crippen LogP contribution is 2.21. The van der Waals surface area contributed by atoms with Crippen LogP contribution in [0.5, 0.6) is 0 Å². The van der Waals surface area contributed by atoms with Gasteiger partial charge in [-0.05, 0) is 62.8 Å². The zero-order valence-corrected chi connectivity index (χ0v) is 13.3. The molecule has 0 bridgehead atoms. The summed E-state index contributed by atoms with van der Waals surface area (Å²) in [6, 6.07) is 4.05. The molecule has 0 saturated carbocycles.